The number of aromatic amines is 1. The first-order valence-corrected chi connectivity index (χ1v) is 9.42. The average Bonchev–Trinajstić information content (AvgIpc) is 2.96. The minimum Gasteiger partial charge on any atom is -0.462 e. The van der Waals surface area contributed by atoms with Crippen molar-refractivity contribution in [2.75, 3.05) is 13.2 Å². The normalized spacial score (nSPS) is 15.4. The Hall–Kier alpha value is -3.10. The molecule has 158 valence electrons. The molecule has 1 fully saturated rings. The molecule has 1 aliphatic heterocycles. The van der Waals surface area contributed by atoms with Crippen LogP contribution in [0.2, 0.25) is 0 Å². The van der Waals surface area contributed by atoms with Gasteiger partial charge in [-0.15, -0.1) is 0 Å². The number of aromatic nitrogens is 1. The molecular formula is C20H25NO8. The lowest BCUT2D eigenvalue weighted by Crippen LogP contribution is -2.41. The number of hydrogen-bond donors (Lipinski definition) is 1. The van der Waals surface area contributed by atoms with E-state index in [1.807, 2.05) is 6.92 Å². The molecule has 29 heavy (non-hydrogen) atoms. The second-order valence-corrected chi connectivity index (χ2v) is 6.70. The first-order chi connectivity index (χ1) is 13.6. The van der Waals surface area contributed by atoms with Gasteiger partial charge in [0.05, 0.1) is 24.5 Å². The molecule has 9 nitrogen and oxygen atoms in total. The van der Waals surface area contributed by atoms with Crippen LogP contribution < -0.4 is 0 Å². The van der Waals surface area contributed by atoms with E-state index in [0.717, 1.165) is 6.08 Å². The Kier molecular flexibility index (Phi) is 6.84. The third-order valence-electron chi connectivity index (χ3n) is 4.00. The maximum absolute atomic E-state index is 12.6. The maximum atomic E-state index is 12.6. The number of H-pyrrole nitrogens is 1. The van der Waals surface area contributed by atoms with Crippen LogP contribution in [-0.4, -0.2) is 47.9 Å². The van der Waals surface area contributed by atoms with E-state index in [9.17, 15) is 19.2 Å². The van der Waals surface area contributed by atoms with Crippen molar-refractivity contribution in [3.63, 3.8) is 0 Å². The number of cyclic esters (lactones) is 2. The van der Waals surface area contributed by atoms with Crippen LogP contribution in [0.3, 0.4) is 0 Å². The maximum Gasteiger partial charge on any atom is 0.355 e. The first kappa shape index (κ1) is 22.2. The molecular weight excluding hydrogens is 382 g/mol. The zero-order valence-corrected chi connectivity index (χ0v) is 17.2. The van der Waals surface area contributed by atoms with Gasteiger partial charge in [-0.05, 0) is 31.9 Å². The average molecular weight is 407 g/mol. The van der Waals surface area contributed by atoms with Crippen molar-refractivity contribution in [3.8, 4) is 0 Å². The summed E-state index contributed by atoms with van der Waals surface area (Å²) in [6.07, 6.45) is 2.14. The second kappa shape index (κ2) is 8.93. The Morgan fingerprint density at radius 1 is 1.00 bits per heavy atom. The van der Waals surface area contributed by atoms with Crippen LogP contribution in [0.1, 0.15) is 73.1 Å². The fourth-order valence-electron chi connectivity index (χ4n) is 2.91. The van der Waals surface area contributed by atoms with E-state index in [1.54, 1.807) is 13.8 Å². The quantitative estimate of drug-likeness (QED) is 0.317. The lowest BCUT2D eigenvalue weighted by Gasteiger charge is -2.29. The van der Waals surface area contributed by atoms with Crippen molar-refractivity contribution in [3.05, 3.63) is 28.1 Å². The molecule has 0 atom stereocenters. The zero-order valence-electron chi connectivity index (χ0n) is 17.2. The molecule has 1 N–H and O–H groups in total. The Bertz CT molecular complexity index is 840. The highest BCUT2D eigenvalue weighted by Crippen LogP contribution is 2.28. The van der Waals surface area contributed by atoms with E-state index in [0.29, 0.717) is 18.4 Å². The Morgan fingerprint density at radius 3 is 2.07 bits per heavy atom. The van der Waals surface area contributed by atoms with Crippen LogP contribution in [0.5, 0.6) is 0 Å². The van der Waals surface area contributed by atoms with Gasteiger partial charge in [0.15, 0.2) is 0 Å². The van der Waals surface area contributed by atoms with Crippen molar-refractivity contribution in [1.29, 1.82) is 0 Å². The van der Waals surface area contributed by atoms with Crippen LogP contribution in [0, 0.1) is 0 Å². The molecule has 2 rings (SSSR count). The molecule has 1 saturated heterocycles. The molecule has 1 aliphatic rings. The zero-order chi connectivity index (χ0) is 21.8. The van der Waals surface area contributed by atoms with Gasteiger partial charge < -0.3 is 23.9 Å². The molecule has 0 unspecified atom stereocenters. The summed E-state index contributed by atoms with van der Waals surface area (Å²) < 4.78 is 20.3. The topological polar surface area (TPSA) is 121 Å². The number of ether oxygens (including phenoxy) is 4. The predicted molar refractivity (Wildman–Crippen MR) is 101 cm³/mol. The van der Waals surface area contributed by atoms with Gasteiger partial charge in [0.25, 0.3) is 5.79 Å². The van der Waals surface area contributed by atoms with Crippen LogP contribution in [0.4, 0.5) is 0 Å². The van der Waals surface area contributed by atoms with Gasteiger partial charge in [-0.3, -0.25) is 0 Å². The smallest absolute Gasteiger partial charge is 0.355 e. The number of esters is 4. The molecule has 0 aromatic carbocycles. The molecule has 1 aromatic rings. The first-order valence-electron chi connectivity index (χ1n) is 9.42. The fraction of sp³-hybridized carbons (Fsp3) is 0.500. The van der Waals surface area contributed by atoms with Gasteiger partial charge in [0.2, 0.25) is 0 Å². The number of carbonyl (C=O) groups is 4. The highest BCUT2D eigenvalue weighted by Gasteiger charge is 2.39. The van der Waals surface area contributed by atoms with E-state index >= 15 is 0 Å². The number of carbonyl (C=O) groups excluding carboxylic acids is 4. The predicted octanol–water partition coefficient (Wildman–Crippen LogP) is 2.54. The van der Waals surface area contributed by atoms with Crippen molar-refractivity contribution in [1.82, 2.24) is 4.98 Å². The van der Waals surface area contributed by atoms with Crippen LogP contribution in [-0.2, 0) is 35.0 Å². The SMILES string of the molecule is CCCc1c(C(=O)OCC)[nH]c(C=C2C(=O)OC(C)(C)OC2=O)c1C(=O)OCC. The molecule has 0 amide bonds. The summed E-state index contributed by atoms with van der Waals surface area (Å²) in [6, 6.07) is 0. The summed E-state index contributed by atoms with van der Waals surface area (Å²) in [6.45, 7) is 8.29. The van der Waals surface area contributed by atoms with Crippen LogP contribution >= 0.6 is 0 Å². The summed E-state index contributed by atoms with van der Waals surface area (Å²) in [7, 11) is 0. The van der Waals surface area contributed by atoms with Crippen LogP contribution in [0.25, 0.3) is 6.08 Å². The van der Waals surface area contributed by atoms with E-state index in [4.69, 9.17) is 18.9 Å². The minimum atomic E-state index is -1.39. The third kappa shape index (κ3) is 4.85. The number of rotatable bonds is 7. The van der Waals surface area contributed by atoms with Crippen LogP contribution in [0.15, 0.2) is 5.57 Å². The van der Waals surface area contributed by atoms with E-state index in [2.05, 4.69) is 4.98 Å². The van der Waals surface area contributed by atoms with Gasteiger partial charge >= 0.3 is 23.9 Å². The Labute approximate surface area is 168 Å². The van der Waals surface area contributed by atoms with Crippen molar-refractivity contribution in [2.45, 2.75) is 53.2 Å². The van der Waals surface area contributed by atoms with Crippen molar-refractivity contribution >= 4 is 30.0 Å². The monoisotopic (exact) mass is 407 g/mol. The summed E-state index contributed by atoms with van der Waals surface area (Å²) >= 11 is 0. The molecule has 9 heteroatoms. The molecule has 2 heterocycles. The fourth-order valence-corrected chi connectivity index (χ4v) is 2.91. The lowest BCUT2D eigenvalue weighted by molar-refractivity contribution is -0.222. The van der Waals surface area contributed by atoms with E-state index in [1.165, 1.54) is 13.8 Å². The minimum absolute atomic E-state index is 0.0645. The standard InChI is InChI=1S/C20H25NO8/c1-6-9-11-14(18(24)26-7-2)13(21-15(11)19(25)27-8-3)10-12-16(22)28-20(4,5)29-17(12)23/h10,21H,6-9H2,1-5H3. The van der Waals surface area contributed by atoms with E-state index < -0.39 is 35.2 Å². The van der Waals surface area contributed by atoms with E-state index in [-0.39, 0.29) is 30.2 Å². The highest BCUT2D eigenvalue weighted by molar-refractivity contribution is 6.19. The molecule has 0 saturated carbocycles. The Morgan fingerprint density at radius 2 is 1.55 bits per heavy atom. The molecule has 0 bridgehead atoms. The van der Waals surface area contributed by atoms with Crippen molar-refractivity contribution in [2.24, 2.45) is 0 Å². The summed E-state index contributed by atoms with van der Waals surface area (Å²) in [5, 5.41) is 0. The van der Waals surface area contributed by atoms with Gasteiger partial charge in [-0.2, -0.15) is 0 Å². The third-order valence-corrected chi connectivity index (χ3v) is 4.00. The molecule has 0 spiro atoms. The van der Waals surface area contributed by atoms with Gasteiger partial charge in [0, 0.05) is 13.8 Å². The summed E-state index contributed by atoms with van der Waals surface area (Å²) in [5.74, 6) is -4.53. The molecule has 0 aliphatic carbocycles. The summed E-state index contributed by atoms with van der Waals surface area (Å²) in [5.41, 5.74) is 0.193. The molecule has 0 radical (unpaired) electrons. The van der Waals surface area contributed by atoms with Crippen molar-refractivity contribution < 1.29 is 38.1 Å². The Balaban J connectivity index is 2.64. The largest absolute Gasteiger partial charge is 0.462 e. The second-order valence-electron chi connectivity index (χ2n) is 6.70. The van der Waals surface area contributed by atoms with Gasteiger partial charge in [0.1, 0.15) is 11.3 Å². The van der Waals surface area contributed by atoms with Gasteiger partial charge in [-0.1, -0.05) is 13.3 Å². The lowest BCUT2D eigenvalue weighted by atomic mass is 10.0. The number of nitrogens with one attached hydrogen (secondary N) is 1. The summed E-state index contributed by atoms with van der Waals surface area (Å²) in [4.78, 5) is 52.3. The number of hydrogen-bond acceptors (Lipinski definition) is 8. The van der Waals surface area contributed by atoms with Gasteiger partial charge in [-0.25, -0.2) is 19.2 Å². The molecule has 1 aromatic heterocycles. The highest BCUT2D eigenvalue weighted by atomic mass is 16.7.